The van der Waals surface area contributed by atoms with Crippen LogP contribution in [0.5, 0.6) is 0 Å². The van der Waals surface area contributed by atoms with Crippen LogP contribution in [0.2, 0.25) is 0 Å². The van der Waals surface area contributed by atoms with Gasteiger partial charge in [0.15, 0.2) is 0 Å². The molecule has 0 bridgehead atoms. The second-order valence-corrected chi connectivity index (χ2v) is 7.89. The van der Waals surface area contributed by atoms with Crippen molar-refractivity contribution in [2.45, 2.75) is 25.4 Å². The summed E-state index contributed by atoms with van der Waals surface area (Å²) < 4.78 is 0. The van der Waals surface area contributed by atoms with E-state index in [1.54, 1.807) is 0 Å². The fraction of sp³-hybridized carbons (Fsp3) is 0.391. The van der Waals surface area contributed by atoms with Crippen LogP contribution in [-0.2, 0) is 6.54 Å². The molecule has 1 aliphatic rings. The third kappa shape index (κ3) is 3.94. The molecular formula is C23H29N5. The van der Waals surface area contributed by atoms with Crippen molar-refractivity contribution in [2.75, 3.05) is 44.0 Å². The molecule has 2 heterocycles. The Morgan fingerprint density at radius 1 is 1.04 bits per heavy atom. The molecule has 1 fully saturated rings. The van der Waals surface area contributed by atoms with E-state index in [9.17, 15) is 0 Å². The van der Waals surface area contributed by atoms with Gasteiger partial charge in [-0.15, -0.1) is 0 Å². The van der Waals surface area contributed by atoms with Crippen LogP contribution in [0.15, 0.2) is 54.7 Å². The number of anilines is 2. The molecule has 0 spiro atoms. The Bertz CT molecular complexity index is 934. The largest absolute Gasteiger partial charge is 0.363 e. The zero-order valence-corrected chi connectivity index (χ0v) is 17.0. The van der Waals surface area contributed by atoms with E-state index < -0.39 is 0 Å². The molecule has 0 amide bonds. The van der Waals surface area contributed by atoms with Crippen molar-refractivity contribution in [3.05, 3.63) is 60.3 Å². The first kappa shape index (κ1) is 18.7. The summed E-state index contributed by atoms with van der Waals surface area (Å²) in [5.74, 6) is 1.75. The maximum Gasteiger partial charge on any atom is 0.227 e. The van der Waals surface area contributed by atoms with E-state index in [2.05, 4.69) is 64.3 Å². The molecule has 1 aliphatic heterocycles. The Morgan fingerprint density at radius 3 is 2.71 bits per heavy atom. The first-order valence-electron chi connectivity index (χ1n) is 10.0. The van der Waals surface area contributed by atoms with E-state index >= 15 is 0 Å². The molecule has 0 radical (unpaired) electrons. The van der Waals surface area contributed by atoms with Crippen LogP contribution in [0.4, 0.5) is 11.8 Å². The molecule has 5 heteroatoms. The number of nitrogens with zero attached hydrogens (tertiary/aromatic N) is 5. The highest BCUT2D eigenvalue weighted by atomic mass is 15.3. The second kappa shape index (κ2) is 8.15. The van der Waals surface area contributed by atoms with Crippen LogP contribution < -0.4 is 9.80 Å². The molecular weight excluding hydrogens is 346 g/mol. The molecule has 1 saturated heterocycles. The van der Waals surface area contributed by atoms with Crippen molar-refractivity contribution >= 4 is 22.5 Å². The molecule has 1 atom stereocenters. The Balaban J connectivity index is 1.49. The Hall–Kier alpha value is -2.66. The van der Waals surface area contributed by atoms with Crippen molar-refractivity contribution in [3.8, 4) is 0 Å². The highest BCUT2D eigenvalue weighted by molar-refractivity contribution is 5.85. The molecule has 0 aliphatic carbocycles. The number of likely N-dealkylation sites (tertiary alicyclic amines) is 1. The lowest BCUT2D eigenvalue weighted by molar-refractivity contribution is 0.198. The van der Waals surface area contributed by atoms with Gasteiger partial charge >= 0.3 is 0 Å². The molecule has 0 saturated carbocycles. The Kier molecular flexibility index (Phi) is 5.44. The normalized spacial score (nSPS) is 17.6. The maximum absolute atomic E-state index is 4.72. The molecule has 28 heavy (non-hydrogen) atoms. The minimum atomic E-state index is 0.432. The molecule has 2 aromatic carbocycles. The van der Waals surface area contributed by atoms with E-state index in [0.717, 1.165) is 31.4 Å². The van der Waals surface area contributed by atoms with Crippen molar-refractivity contribution < 1.29 is 0 Å². The van der Waals surface area contributed by atoms with Crippen LogP contribution in [0.1, 0.15) is 18.4 Å². The summed E-state index contributed by atoms with van der Waals surface area (Å²) in [4.78, 5) is 16.1. The van der Waals surface area contributed by atoms with Gasteiger partial charge in [0.1, 0.15) is 5.82 Å². The minimum Gasteiger partial charge on any atom is -0.363 e. The number of hydrogen-bond acceptors (Lipinski definition) is 5. The number of likely N-dealkylation sites (N-methyl/N-ethyl adjacent to an activating group) is 1. The third-order valence-corrected chi connectivity index (χ3v) is 5.70. The summed E-state index contributed by atoms with van der Waals surface area (Å²) >= 11 is 0. The number of fused-ring (bicyclic) bond motifs is 1. The van der Waals surface area contributed by atoms with E-state index in [-0.39, 0.29) is 0 Å². The van der Waals surface area contributed by atoms with Crippen LogP contribution >= 0.6 is 0 Å². The van der Waals surface area contributed by atoms with Crippen LogP contribution in [0, 0.1) is 0 Å². The summed E-state index contributed by atoms with van der Waals surface area (Å²) in [5, 5.41) is 2.68. The highest BCUT2D eigenvalue weighted by Gasteiger charge is 2.25. The van der Waals surface area contributed by atoms with Gasteiger partial charge in [-0.05, 0) is 41.8 Å². The topological polar surface area (TPSA) is 35.5 Å². The van der Waals surface area contributed by atoms with E-state index in [1.807, 2.05) is 31.3 Å². The van der Waals surface area contributed by atoms with Crippen LogP contribution in [0.25, 0.3) is 10.8 Å². The predicted octanol–water partition coefficient (Wildman–Crippen LogP) is 3.80. The average molecular weight is 376 g/mol. The standard InChI is InChI=1S/C23H29N5/c1-26(2)22-13-14-24-23(25-22)27(3)20-11-7-15-28(17-20)16-19-10-6-9-18-8-4-5-12-21(18)19/h4-6,8-10,12-14,20H,7,11,15-17H2,1-3H3. The monoisotopic (exact) mass is 375 g/mol. The van der Waals surface area contributed by atoms with Crippen molar-refractivity contribution in [2.24, 2.45) is 0 Å². The smallest absolute Gasteiger partial charge is 0.227 e. The first-order chi connectivity index (χ1) is 13.6. The first-order valence-corrected chi connectivity index (χ1v) is 10.0. The van der Waals surface area contributed by atoms with Crippen molar-refractivity contribution in [1.29, 1.82) is 0 Å². The van der Waals surface area contributed by atoms with Gasteiger partial charge in [0.25, 0.3) is 0 Å². The number of hydrogen-bond donors (Lipinski definition) is 0. The quantitative estimate of drug-likeness (QED) is 0.678. The number of aromatic nitrogens is 2. The lowest BCUT2D eigenvalue weighted by Crippen LogP contribution is -2.46. The zero-order chi connectivity index (χ0) is 19.5. The van der Waals surface area contributed by atoms with Gasteiger partial charge in [0, 0.05) is 46.5 Å². The van der Waals surface area contributed by atoms with Gasteiger partial charge in [0.2, 0.25) is 5.95 Å². The van der Waals surface area contributed by atoms with Gasteiger partial charge in [-0.3, -0.25) is 4.90 Å². The summed E-state index contributed by atoms with van der Waals surface area (Å²) in [6, 6.07) is 17.7. The van der Waals surface area contributed by atoms with Gasteiger partial charge in [0.05, 0.1) is 0 Å². The lowest BCUT2D eigenvalue weighted by atomic mass is 10.0. The summed E-state index contributed by atoms with van der Waals surface area (Å²) in [5.41, 5.74) is 1.41. The van der Waals surface area contributed by atoms with Crippen LogP contribution in [0.3, 0.4) is 0 Å². The molecule has 4 rings (SSSR count). The number of piperidine rings is 1. The van der Waals surface area contributed by atoms with Crippen LogP contribution in [-0.4, -0.2) is 55.1 Å². The lowest BCUT2D eigenvalue weighted by Gasteiger charge is -2.38. The van der Waals surface area contributed by atoms with E-state index in [4.69, 9.17) is 4.98 Å². The summed E-state index contributed by atoms with van der Waals surface area (Å²) in [6.07, 6.45) is 4.23. The molecule has 1 unspecified atom stereocenters. The molecule has 5 nitrogen and oxygen atoms in total. The highest BCUT2D eigenvalue weighted by Crippen LogP contribution is 2.24. The SMILES string of the molecule is CN(C)c1ccnc(N(C)C2CCCN(Cc3cccc4ccccc34)C2)n1. The fourth-order valence-electron chi connectivity index (χ4n) is 4.08. The summed E-state index contributed by atoms with van der Waals surface area (Å²) in [7, 11) is 6.15. The van der Waals surface area contributed by atoms with Gasteiger partial charge in [-0.1, -0.05) is 42.5 Å². The zero-order valence-electron chi connectivity index (χ0n) is 17.0. The number of rotatable bonds is 5. The minimum absolute atomic E-state index is 0.432. The number of benzene rings is 2. The van der Waals surface area contributed by atoms with Crippen molar-refractivity contribution in [1.82, 2.24) is 14.9 Å². The fourth-order valence-corrected chi connectivity index (χ4v) is 4.08. The van der Waals surface area contributed by atoms with Gasteiger partial charge < -0.3 is 9.80 Å². The molecule has 0 N–H and O–H groups in total. The predicted molar refractivity (Wildman–Crippen MR) is 117 cm³/mol. The molecule has 3 aromatic rings. The third-order valence-electron chi connectivity index (χ3n) is 5.70. The molecule has 1 aromatic heterocycles. The Morgan fingerprint density at radius 2 is 1.86 bits per heavy atom. The summed E-state index contributed by atoms with van der Waals surface area (Å²) in [6.45, 7) is 3.17. The average Bonchev–Trinajstić information content (AvgIpc) is 2.74. The van der Waals surface area contributed by atoms with Gasteiger partial charge in [-0.2, -0.15) is 4.98 Å². The van der Waals surface area contributed by atoms with E-state index in [0.29, 0.717) is 6.04 Å². The second-order valence-electron chi connectivity index (χ2n) is 7.89. The molecule has 146 valence electrons. The Labute approximate surface area is 167 Å². The van der Waals surface area contributed by atoms with Gasteiger partial charge in [-0.25, -0.2) is 4.98 Å². The maximum atomic E-state index is 4.72. The van der Waals surface area contributed by atoms with Crippen molar-refractivity contribution in [3.63, 3.8) is 0 Å². The van der Waals surface area contributed by atoms with E-state index in [1.165, 1.54) is 29.2 Å².